The first kappa shape index (κ1) is 7.91. The second-order valence-corrected chi connectivity index (χ2v) is 4.18. The van der Waals surface area contributed by atoms with E-state index >= 15 is 0 Å². The zero-order chi connectivity index (χ0) is 7.83. The van der Waals surface area contributed by atoms with Crippen LogP contribution in [0, 0.1) is 5.41 Å². The van der Waals surface area contributed by atoms with Crippen molar-refractivity contribution in [1.29, 1.82) is 0 Å². The maximum atomic E-state index is 11.9. The predicted octanol–water partition coefficient (Wildman–Crippen LogP) is 1.04. The Morgan fingerprint density at radius 1 is 1.40 bits per heavy atom. The number of halogens is 2. The van der Waals surface area contributed by atoms with Gasteiger partial charge in [0.25, 0.3) is 0 Å². The van der Waals surface area contributed by atoms with E-state index in [-0.39, 0.29) is 0 Å². The van der Waals surface area contributed by atoms with Gasteiger partial charge < -0.3 is 0 Å². The van der Waals surface area contributed by atoms with Crippen molar-refractivity contribution in [2.75, 3.05) is 12.4 Å². The van der Waals surface area contributed by atoms with Gasteiger partial charge in [-0.2, -0.15) is 8.42 Å². The van der Waals surface area contributed by atoms with E-state index in [0.717, 1.165) is 0 Å². The molecule has 5 heteroatoms. The molecule has 0 atom stereocenters. The highest BCUT2D eigenvalue weighted by Gasteiger charge is 2.46. The molecule has 0 saturated heterocycles. The molecule has 1 rings (SSSR count). The van der Waals surface area contributed by atoms with Crippen LogP contribution in [-0.4, -0.2) is 20.8 Å². The minimum atomic E-state index is -4.47. The highest BCUT2D eigenvalue weighted by atomic mass is 32.3. The Balaban J connectivity index is 2.54. The smallest absolute Gasteiger partial charge is 0.250 e. The van der Waals surface area contributed by atoms with Gasteiger partial charge in [-0.05, 0) is 12.8 Å². The maximum absolute atomic E-state index is 11.9. The molecular formula is C5H8F2O2S. The van der Waals surface area contributed by atoms with Gasteiger partial charge in [-0.1, -0.05) is 0 Å². The monoisotopic (exact) mass is 170 g/mol. The summed E-state index contributed by atoms with van der Waals surface area (Å²) in [5, 5.41) is 0. The summed E-state index contributed by atoms with van der Waals surface area (Å²) in [4.78, 5) is 0. The van der Waals surface area contributed by atoms with Crippen molar-refractivity contribution in [3.63, 3.8) is 0 Å². The summed E-state index contributed by atoms with van der Waals surface area (Å²) < 4.78 is 43.9. The first-order chi connectivity index (χ1) is 4.47. The Morgan fingerprint density at radius 3 is 2.00 bits per heavy atom. The minimum Gasteiger partial charge on any atom is -0.250 e. The third-order valence-corrected chi connectivity index (χ3v) is 2.68. The molecule has 0 heterocycles. The molecule has 0 aromatic rings. The van der Waals surface area contributed by atoms with Gasteiger partial charge in [0, 0.05) is 5.41 Å². The summed E-state index contributed by atoms with van der Waals surface area (Å²) in [6.07, 6.45) is 0.985. The third kappa shape index (κ3) is 1.90. The van der Waals surface area contributed by atoms with Crippen molar-refractivity contribution in [2.24, 2.45) is 5.41 Å². The summed E-state index contributed by atoms with van der Waals surface area (Å²) in [5.41, 5.74) is -0.854. The Morgan fingerprint density at radius 2 is 1.90 bits per heavy atom. The maximum Gasteiger partial charge on any atom is 0.303 e. The van der Waals surface area contributed by atoms with E-state index in [9.17, 15) is 16.7 Å². The minimum absolute atomic E-state index is 0.493. The van der Waals surface area contributed by atoms with Crippen molar-refractivity contribution >= 4 is 10.2 Å². The molecule has 0 radical (unpaired) electrons. The van der Waals surface area contributed by atoms with E-state index in [1.54, 1.807) is 0 Å². The van der Waals surface area contributed by atoms with Gasteiger partial charge in [0.2, 0.25) is 0 Å². The van der Waals surface area contributed by atoms with Crippen molar-refractivity contribution < 1.29 is 16.7 Å². The highest BCUT2D eigenvalue weighted by Crippen LogP contribution is 2.47. The molecule has 10 heavy (non-hydrogen) atoms. The lowest BCUT2D eigenvalue weighted by Crippen LogP contribution is -2.15. The molecule has 0 N–H and O–H groups in total. The summed E-state index contributed by atoms with van der Waals surface area (Å²) >= 11 is 0. The SMILES string of the molecule is O=S(=O)(F)CC1(CF)CC1. The van der Waals surface area contributed by atoms with Crippen LogP contribution in [-0.2, 0) is 10.2 Å². The lowest BCUT2D eigenvalue weighted by Gasteiger charge is -2.03. The van der Waals surface area contributed by atoms with Gasteiger partial charge >= 0.3 is 10.2 Å². The molecule has 1 aliphatic carbocycles. The zero-order valence-electron chi connectivity index (χ0n) is 5.31. The second kappa shape index (κ2) is 2.15. The number of rotatable bonds is 3. The summed E-state index contributed by atoms with van der Waals surface area (Å²) in [6, 6.07) is 0. The van der Waals surface area contributed by atoms with Crippen LogP contribution in [0.15, 0.2) is 0 Å². The molecule has 1 saturated carbocycles. The quantitative estimate of drug-likeness (QED) is 0.593. The fraction of sp³-hybridized carbons (Fsp3) is 1.00. The zero-order valence-corrected chi connectivity index (χ0v) is 6.13. The van der Waals surface area contributed by atoms with Crippen LogP contribution in [0.5, 0.6) is 0 Å². The number of hydrogen-bond acceptors (Lipinski definition) is 2. The molecule has 0 amide bonds. The van der Waals surface area contributed by atoms with Crippen LogP contribution < -0.4 is 0 Å². The summed E-state index contributed by atoms with van der Waals surface area (Å²) in [5.74, 6) is -0.642. The van der Waals surface area contributed by atoms with E-state index in [1.807, 2.05) is 0 Å². The van der Waals surface area contributed by atoms with E-state index in [2.05, 4.69) is 0 Å². The van der Waals surface area contributed by atoms with Crippen LogP contribution in [0.25, 0.3) is 0 Å². The average molecular weight is 170 g/mol. The van der Waals surface area contributed by atoms with Crippen LogP contribution in [0.2, 0.25) is 0 Å². The Hall–Kier alpha value is -0.190. The number of alkyl halides is 1. The van der Waals surface area contributed by atoms with Gasteiger partial charge in [0.1, 0.15) is 0 Å². The average Bonchev–Trinajstić information content (AvgIpc) is 2.45. The van der Waals surface area contributed by atoms with Crippen LogP contribution in [0.4, 0.5) is 8.28 Å². The predicted molar refractivity (Wildman–Crippen MR) is 32.5 cm³/mol. The van der Waals surface area contributed by atoms with Crippen LogP contribution in [0.1, 0.15) is 12.8 Å². The topological polar surface area (TPSA) is 34.1 Å². The van der Waals surface area contributed by atoms with Gasteiger partial charge in [0.05, 0.1) is 12.4 Å². The molecule has 0 aliphatic heterocycles. The fourth-order valence-electron chi connectivity index (χ4n) is 0.859. The molecule has 1 fully saturated rings. The molecule has 0 unspecified atom stereocenters. The van der Waals surface area contributed by atoms with Crippen molar-refractivity contribution in [3.8, 4) is 0 Å². The van der Waals surface area contributed by atoms with E-state index < -0.39 is 28.1 Å². The highest BCUT2D eigenvalue weighted by molar-refractivity contribution is 7.86. The molecular weight excluding hydrogens is 162 g/mol. The van der Waals surface area contributed by atoms with Crippen LogP contribution in [0.3, 0.4) is 0 Å². The van der Waals surface area contributed by atoms with E-state index in [0.29, 0.717) is 12.8 Å². The molecule has 0 spiro atoms. The van der Waals surface area contributed by atoms with Gasteiger partial charge in [-0.3, -0.25) is 4.39 Å². The third-order valence-electron chi connectivity index (χ3n) is 1.72. The normalized spacial score (nSPS) is 22.6. The Bertz CT molecular complexity index is 218. The first-order valence-corrected chi connectivity index (χ1v) is 4.51. The van der Waals surface area contributed by atoms with Gasteiger partial charge in [0.15, 0.2) is 0 Å². The molecule has 2 nitrogen and oxygen atoms in total. The first-order valence-electron chi connectivity index (χ1n) is 2.96. The molecule has 0 aromatic heterocycles. The van der Waals surface area contributed by atoms with E-state index in [1.165, 1.54) is 0 Å². The molecule has 0 aromatic carbocycles. The summed E-state index contributed by atoms with van der Waals surface area (Å²) in [7, 11) is -4.47. The van der Waals surface area contributed by atoms with Crippen molar-refractivity contribution in [1.82, 2.24) is 0 Å². The van der Waals surface area contributed by atoms with E-state index in [4.69, 9.17) is 0 Å². The van der Waals surface area contributed by atoms with Gasteiger partial charge in [-0.25, -0.2) is 0 Å². The second-order valence-electron chi connectivity index (χ2n) is 2.82. The Kier molecular flexibility index (Phi) is 1.70. The lowest BCUT2D eigenvalue weighted by atomic mass is 10.2. The fourth-order valence-corrected chi connectivity index (χ4v) is 1.96. The molecule has 1 aliphatic rings. The lowest BCUT2D eigenvalue weighted by molar-refractivity contribution is 0.363. The number of hydrogen-bond donors (Lipinski definition) is 0. The van der Waals surface area contributed by atoms with Crippen molar-refractivity contribution in [2.45, 2.75) is 12.8 Å². The molecule has 60 valence electrons. The molecule has 0 bridgehead atoms. The van der Waals surface area contributed by atoms with Crippen molar-refractivity contribution in [3.05, 3.63) is 0 Å². The Labute approximate surface area is 58.4 Å². The van der Waals surface area contributed by atoms with Crippen LogP contribution >= 0.6 is 0 Å². The standard InChI is InChI=1S/C5H8F2O2S/c6-3-5(1-2-5)4-10(7,8)9/h1-4H2. The summed E-state index contributed by atoms with van der Waals surface area (Å²) in [6.45, 7) is -0.726. The van der Waals surface area contributed by atoms with Gasteiger partial charge in [-0.15, -0.1) is 3.89 Å². The largest absolute Gasteiger partial charge is 0.303 e.